The average molecular weight is 436 g/mol. The molecule has 0 bridgehead atoms. The lowest BCUT2D eigenvalue weighted by Gasteiger charge is -2.26. The maximum absolute atomic E-state index is 13.1. The van der Waals surface area contributed by atoms with Crippen LogP contribution in [0.2, 0.25) is 5.02 Å². The van der Waals surface area contributed by atoms with Crippen LogP contribution < -0.4 is 0 Å². The minimum absolute atomic E-state index is 0.0921. The van der Waals surface area contributed by atoms with Crippen LogP contribution in [0.4, 0.5) is 0 Å². The Labute approximate surface area is 174 Å². The molecule has 1 fully saturated rings. The van der Waals surface area contributed by atoms with Crippen molar-refractivity contribution in [1.29, 1.82) is 0 Å². The van der Waals surface area contributed by atoms with Gasteiger partial charge in [0.1, 0.15) is 11.8 Å². The Morgan fingerprint density at radius 3 is 2.69 bits per heavy atom. The molecule has 0 unspecified atom stereocenters. The van der Waals surface area contributed by atoms with Gasteiger partial charge < -0.3 is 4.42 Å². The lowest BCUT2D eigenvalue weighted by Crippen LogP contribution is -2.41. The third-order valence-electron chi connectivity index (χ3n) is 5.43. The van der Waals surface area contributed by atoms with Gasteiger partial charge in [-0.25, -0.2) is 13.4 Å². The highest BCUT2D eigenvalue weighted by atomic mass is 35.5. The summed E-state index contributed by atoms with van der Waals surface area (Å²) in [5.74, 6) is 0.741. The van der Waals surface area contributed by atoms with Gasteiger partial charge in [0.05, 0.1) is 30.0 Å². The van der Waals surface area contributed by atoms with Crippen LogP contribution in [0.5, 0.6) is 0 Å². The van der Waals surface area contributed by atoms with Crippen LogP contribution in [-0.4, -0.2) is 61.1 Å². The van der Waals surface area contributed by atoms with Gasteiger partial charge in [-0.2, -0.15) is 5.10 Å². The first-order valence-electron chi connectivity index (χ1n) is 9.42. The standard InChI is InChI=1S/C20H22ClN3O4S/c1-23(16-8-10-29(26,27)13-16)12-20(25)24-18(19-3-2-9-28-19)11-17(22-24)14-4-6-15(21)7-5-14/h2-7,9,16,18H,8,10-13H2,1H3/t16-,18+/m1/s1. The molecule has 29 heavy (non-hydrogen) atoms. The second-order valence-corrected chi connectivity index (χ2v) is 10.2. The number of sulfone groups is 1. The zero-order valence-electron chi connectivity index (χ0n) is 16.0. The molecule has 1 amide bonds. The third kappa shape index (κ3) is 4.39. The summed E-state index contributed by atoms with van der Waals surface area (Å²) in [7, 11) is -1.23. The van der Waals surface area contributed by atoms with Crippen molar-refractivity contribution in [3.63, 3.8) is 0 Å². The van der Waals surface area contributed by atoms with E-state index in [1.54, 1.807) is 31.5 Å². The number of halogens is 1. The molecule has 2 aromatic rings. The highest BCUT2D eigenvalue weighted by Gasteiger charge is 2.37. The Balaban J connectivity index is 1.54. The molecule has 2 atom stereocenters. The van der Waals surface area contributed by atoms with Gasteiger partial charge in [0.2, 0.25) is 0 Å². The minimum atomic E-state index is -3.01. The summed E-state index contributed by atoms with van der Waals surface area (Å²) < 4.78 is 29.1. The summed E-state index contributed by atoms with van der Waals surface area (Å²) in [6, 6.07) is 10.5. The monoisotopic (exact) mass is 435 g/mol. The fourth-order valence-corrected chi connectivity index (χ4v) is 5.73. The predicted octanol–water partition coefficient (Wildman–Crippen LogP) is 2.73. The minimum Gasteiger partial charge on any atom is -0.467 e. The Bertz CT molecular complexity index is 1020. The molecule has 2 aliphatic rings. The normalized spacial score (nSPS) is 23.6. The zero-order chi connectivity index (χ0) is 20.6. The summed E-state index contributed by atoms with van der Waals surface area (Å²) in [6.45, 7) is 0.0921. The molecule has 0 saturated carbocycles. The third-order valence-corrected chi connectivity index (χ3v) is 7.43. The van der Waals surface area contributed by atoms with Crippen molar-refractivity contribution in [1.82, 2.24) is 9.91 Å². The van der Waals surface area contributed by atoms with E-state index in [0.717, 1.165) is 11.3 Å². The number of furan rings is 1. The number of carbonyl (C=O) groups excluding carboxylic acids is 1. The van der Waals surface area contributed by atoms with Crippen LogP contribution in [0.1, 0.15) is 30.2 Å². The molecule has 0 N–H and O–H groups in total. The number of hydrogen-bond acceptors (Lipinski definition) is 6. The van der Waals surface area contributed by atoms with E-state index < -0.39 is 9.84 Å². The summed E-state index contributed by atoms with van der Waals surface area (Å²) in [5.41, 5.74) is 1.68. The van der Waals surface area contributed by atoms with E-state index >= 15 is 0 Å². The Morgan fingerprint density at radius 1 is 1.31 bits per heavy atom. The molecule has 9 heteroatoms. The number of rotatable bonds is 5. The molecule has 2 aliphatic heterocycles. The van der Waals surface area contributed by atoms with E-state index in [1.807, 2.05) is 23.1 Å². The summed E-state index contributed by atoms with van der Waals surface area (Å²) >= 11 is 5.98. The molecule has 154 valence electrons. The highest BCUT2D eigenvalue weighted by molar-refractivity contribution is 7.91. The molecule has 0 radical (unpaired) electrons. The lowest BCUT2D eigenvalue weighted by molar-refractivity contribution is -0.134. The number of carbonyl (C=O) groups is 1. The van der Waals surface area contributed by atoms with Gasteiger partial charge in [0.15, 0.2) is 9.84 Å². The van der Waals surface area contributed by atoms with E-state index in [9.17, 15) is 13.2 Å². The SMILES string of the molecule is CN(CC(=O)N1N=C(c2ccc(Cl)cc2)C[C@H]1c1ccco1)[C@@H]1CCS(=O)(=O)C1. The number of benzene rings is 1. The van der Waals surface area contributed by atoms with Gasteiger partial charge in [0.25, 0.3) is 5.91 Å². The summed E-state index contributed by atoms with van der Waals surface area (Å²) in [5, 5.41) is 6.68. The van der Waals surface area contributed by atoms with Gasteiger partial charge in [-0.05, 0) is 43.3 Å². The van der Waals surface area contributed by atoms with E-state index in [0.29, 0.717) is 23.6 Å². The number of hydrazone groups is 1. The van der Waals surface area contributed by atoms with Gasteiger partial charge >= 0.3 is 0 Å². The van der Waals surface area contributed by atoms with Crippen molar-refractivity contribution in [3.8, 4) is 0 Å². The first kappa shape index (κ1) is 20.1. The summed E-state index contributed by atoms with van der Waals surface area (Å²) in [4.78, 5) is 14.9. The Hall–Kier alpha value is -2.16. The van der Waals surface area contributed by atoms with Crippen LogP contribution in [0.3, 0.4) is 0 Å². The van der Waals surface area contributed by atoms with Gasteiger partial charge in [-0.1, -0.05) is 23.7 Å². The fraction of sp³-hybridized carbons (Fsp3) is 0.400. The maximum atomic E-state index is 13.1. The van der Waals surface area contributed by atoms with Crippen molar-refractivity contribution in [3.05, 3.63) is 59.0 Å². The van der Waals surface area contributed by atoms with Crippen molar-refractivity contribution in [2.24, 2.45) is 5.10 Å². The summed E-state index contributed by atoms with van der Waals surface area (Å²) in [6.07, 6.45) is 2.66. The van der Waals surface area contributed by atoms with Crippen LogP contribution >= 0.6 is 11.6 Å². The van der Waals surface area contributed by atoms with Crippen molar-refractivity contribution in [2.75, 3.05) is 25.1 Å². The average Bonchev–Trinajstić information content (AvgIpc) is 3.40. The van der Waals surface area contributed by atoms with Crippen LogP contribution in [0.15, 0.2) is 52.2 Å². The second kappa shape index (κ2) is 7.93. The molecule has 7 nitrogen and oxygen atoms in total. The lowest BCUT2D eigenvalue weighted by atomic mass is 10.0. The zero-order valence-corrected chi connectivity index (χ0v) is 17.6. The fourth-order valence-electron chi connectivity index (χ4n) is 3.80. The van der Waals surface area contributed by atoms with E-state index in [1.165, 1.54) is 5.01 Å². The number of hydrogen-bond donors (Lipinski definition) is 0. The second-order valence-electron chi connectivity index (χ2n) is 7.50. The van der Waals surface area contributed by atoms with Crippen molar-refractivity contribution < 1.29 is 17.6 Å². The van der Waals surface area contributed by atoms with E-state index in [-0.39, 0.29) is 36.0 Å². The first-order valence-corrected chi connectivity index (χ1v) is 11.6. The van der Waals surface area contributed by atoms with Crippen LogP contribution in [0, 0.1) is 0 Å². The van der Waals surface area contributed by atoms with Crippen molar-refractivity contribution >= 4 is 33.1 Å². The predicted molar refractivity (Wildman–Crippen MR) is 111 cm³/mol. The largest absolute Gasteiger partial charge is 0.467 e. The molecule has 1 aromatic heterocycles. The number of amides is 1. The quantitative estimate of drug-likeness (QED) is 0.721. The number of nitrogens with zero attached hydrogens (tertiary/aromatic N) is 3. The molecular weight excluding hydrogens is 414 g/mol. The molecule has 1 saturated heterocycles. The molecule has 4 rings (SSSR count). The Kier molecular flexibility index (Phi) is 5.50. The van der Waals surface area contributed by atoms with Gasteiger partial charge in [0, 0.05) is 17.5 Å². The topological polar surface area (TPSA) is 83.2 Å². The maximum Gasteiger partial charge on any atom is 0.257 e. The van der Waals surface area contributed by atoms with Gasteiger partial charge in [-0.15, -0.1) is 0 Å². The Morgan fingerprint density at radius 2 is 2.07 bits per heavy atom. The highest BCUT2D eigenvalue weighted by Crippen LogP contribution is 2.33. The molecule has 1 aromatic carbocycles. The van der Waals surface area contributed by atoms with Crippen LogP contribution in [-0.2, 0) is 14.6 Å². The molecular formula is C20H22ClN3O4S. The number of likely N-dealkylation sites (N-methyl/N-ethyl adjacent to an activating group) is 1. The van der Waals surface area contributed by atoms with Gasteiger partial charge in [-0.3, -0.25) is 9.69 Å². The first-order chi connectivity index (χ1) is 13.8. The van der Waals surface area contributed by atoms with Crippen LogP contribution in [0.25, 0.3) is 0 Å². The molecule has 0 aliphatic carbocycles. The smallest absolute Gasteiger partial charge is 0.257 e. The molecule has 3 heterocycles. The van der Waals surface area contributed by atoms with Crippen molar-refractivity contribution in [2.45, 2.75) is 24.9 Å². The molecule has 0 spiro atoms. The van der Waals surface area contributed by atoms with E-state index in [4.69, 9.17) is 16.0 Å². The van der Waals surface area contributed by atoms with E-state index in [2.05, 4.69) is 5.10 Å².